The first-order valence-electron chi connectivity index (χ1n) is 10.2. The first kappa shape index (κ1) is 25.8. The van der Waals surface area contributed by atoms with Crippen LogP contribution in [0.1, 0.15) is 11.1 Å². The molecule has 0 unspecified atom stereocenters. The Labute approximate surface area is 228 Å². The Morgan fingerprint density at radius 3 is 2.61 bits per heavy atom. The van der Waals surface area contributed by atoms with Crippen LogP contribution in [0.25, 0.3) is 6.08 Å². The van der Waals surface area contributed by atoms with E-state index in [2.05, 4.69) is 21.2 Å². The Morgan fingerprint density at radius 1 is 1.11 bits per heavy atom. The van der Waals surface area contributed by atoms with Crippen LogP contribution in [-0.2, 0) is 16.2 Å². The van der Waals surface area contributed by atoms with E-state index in [1.807, 2.05) is 0 Å². The minimum Gasteiger partial charge on any atom is -0.488 e. The summed E-state index contributed by atoms with van der Waals surface area (Å²) in [6.07, 6.45) is 1.37. The van der Waals surface area contributed by atoms with Gasteiger partial charge in [0.25, 0.3) is 17.5 Å². The van der Waals surface area contributed by atoms with Crippen LogP contribution < -0.4 is 15.0 Å². The van der Waals surface area contributed by atoms with Crippen LogP contribution in [0, 0.1) is 10.1 Å². The topological polar surface area (TPSA) is 102 Å². The lowest BCUT2D eigenvalue weighted by atomic mass is 10.1. The summed E-state index contributed by atoms with van der Waals surface area (Å²) < 4.78 is 6.56. The number of hydrogen-bond donors (Lipinski definition) is 1. The normalized spacial score (nSPS) is 14.7. The van der Waals surface area contributed by atoms with Crippen molar-refractivity contribution in [1.29, 1.82) is 0 Å². The van der Waals surface area contributed by atoms with Gasteiger partial charge in [-0.1, -0.05) is 57.3 Å². The Morgan fingerprint density at radius 2 is 1.86 bits per heavy atom. The zero-order valence-corrected chi connectivity index (χ0v) is 22.0. The monoisotopic (exact) mass is 605 g/mol. The molecular weight excluding hydrogens is 593 g/mol. The summed E-state index contributed by atoms with van der Waals surface area (Å²) in [4.78, 5) is 37.8. The van der Waals surface area contributed by atoms with E-state index < -0.39 is 16.7 Å². The fraction of sp³-hybridized carbons (Fsp3) is 0.0417. The van der Waals surface area contributed by atoms with Crippen LogP contribution in [0.5, 0.6) is 5.75 Å². The molecule has 2 amide bonds. The maximum Gasteiger partial charge on any atom is 0.270 e. The molecule has 0 atom stereocenters. The fourth-order valence-electron chi connectivity index (χ4n) is 3.38. The van der Waals surface area contributed by atoms with E-state index in [1.54, 1.807) is 48.5 Å². The number of hydrogen-bond acceptors (Lipinski definition) is 6. The van der Waals surface area contributed by atoms with Crippen molar-refractivity contribution in [2.24, 2.45) is 0 Å². The standard InChI is InChI=1S/C24H14BrCl2N3O5S/c25-15-7-8-20(35-12-13-3-1-4-16(9-13)30(33)34)14(10-15)11-17-22(31)28-24(36)29(23(17)32)19-6-2-5-18(26)21(19)27/h1-11H,12H2,(H,28,31,36)/b17-11+. The van der Waals surface area contributed by atoms with Gasteiger partial charge in [0.1, 0.15) is 17.9 Å². The number of non-ortho nitro benzene ring substituents is 1. The lowest BCUT2D eigenvalue weighted by Crippen LogP contribution is -2.54. The molecule has 12 heteroatoms. The van der Waals surface area contributed by atoms with E-state index in [0.717, 1.165) is 4.90 Å². The molecule has 1 heterocycles. The zero-order valence-electron chi connectivity index (χ0n) is 18.0. The SMILES string of the molecule is O=C1NC(=S)N(c2cccc(Cl)c2Cl)C(=O)/C1=C/c1cc(Br)ccc1OCc1cccc([N+](=O)[O-])c1. The fourth-order valence-corrected chi connectivity index (χ4v) is 4.41. The van der Waals surface area contributed by atoms with Gasteiger partial charge >= 0.3 is 0 Å². The molecule has 36 heavy (non-hydrogen) atoms. The number of ether oxygens (including phenoxy) is 1. The second-order valence-corrected chi connectivity index (χ2v) is 9.52. The van der Waals surface area contributed by atoms with Gasteiger partial charge < -0.3 is 4.74 Å². The van der Waals surface area contributed by atoms with E-state index in [1.165, 1.54) is 18.2 Å². The number of halogens is 3. The van der Waals surface area contributed by atoms with Gasteiger partial charge in [-0.25, -0.2) is 0 Å². The number of nitro groups is 1. The smallest absolute Gasteiger partial charge is 0.270 e. The third kappa shape index (κ3) is 5.41. The van der Waals surface area contributed by atoms with Crippen LogP contribution in [0.4, 0.5) is 11.4 Å². The number of anilines is 1. The Bertz CT molecular complexity index is 1460. The van der Waals surface area contributed by atoms with Gasteiger partial charge in [0, 0.05) is 22.2 Å². The quantitative estimate of drug-likeness (QED) is 0.120. The number of rotatable bonds is 6. The van der Waals surface area contributed by atoms with Crippen LogP contribution in [0.15, 0.2) is 70.7 Å². The van der Waals surface area contributed by atoms with E-state index in [4.69, 9.17) is 40.2 Å². The summed E-state index contributed by atoms with van der Waals surface area (Å²) in [5.74, 6) is -1.04. The summed E-state index contributed by atoms with van der Waals surface area (Å²) >= 11 is 21.0. The molecule has 3 aromatic rings. The molecule has 1 N–H and O–H groups in total. The second-order valence-electron chi connectivity index (χ2n) is 7.43. The second kappa shape index (κ2) is 10.8. The van der Waals surface area contributed by atoms with Crippen molar-refractivity contribution in [2.45, 2.75) is 6.61 Å². The Kier molecular flexibility index (Phi) is 7.70. The molecule has 1 fully saturated rings. The highest BCUT2D eigenvalue weighted by atomic mass is 79.9. The van der Waals surface area contributed by atoms with Gasteiger partial charge in [-0.2, -0.15) is 0 Å². The van der Waals surface area contributed by atoms with Gasteiger partial charge in [0.05, 0.1) is 20.7 Å². The average Bonchev–Trinajstić information content (AvgIpc) is 2.84. The molecule has 3 aromatic carbocycles. The summed E-state index contributed by atoms with van der Waals surface area (Å²) in [6.45, 7) is 0.0218. The van der Waals surface area contributed by atoms with Crippen LogP contribution in [0.2, 0.25) is 10.0 Å². The number of carbonyl (C=O) groups is 2. The summed E-state index contributed by atoms with van der Waals surface area (Å²) in [5.41, 5.74) is 0.941. The van der Waals surface area contributed by atoms with Crippen LogP contribution in [0.3, 0.4) is 0 Å². The van der Waals surface area contributed by atoms with Crippen molar-refractivity contribution in [3.05, 3.63) is 102 Å². The first-order valence-corrected chi connectivity index (χ1v) is 12.1. The van der Waals surface area contributed by atoms with Gasteiger partial charge in [-0.3, -0.25) is 29.9 Å². The van der Waals surface area contributed by atoms with Crippen molar-refractivity contribution in [1.82, 2.24) is 5.32 Å². The number of thiocarbonyl (C=S) groups is 1. The van der Waals surface area contributed by atoms with E-state index in [-0.39, 0.29) is 38.7 Å². The molecule has 0 radical (unpaired) electrons. The Balaban J connectivity index is 1.68. The van der Waals surface area contributed by atoms with Crippen molar-refractivity contribution >= 4 is 85.7 Å². The van der Waals surface area contributed by atoms with Gasteiger partial charge in [-0.15, -0.1) is 0 Å². The van der Waals surface area contributed by atoms with Crippen LogP contribution >= 0.6 is 51.3 Å². The van der Waals surface area contributed by atoms with E-state index >= 15 is 0 Å². The third-order valence-electron chi connectivity index (χ3n) is 5.06. The van der Waals surface area contributed by atoms with Crippen molar-refractivity contribution < 1.29 is 19.2 Å². The molecule has 1 aliphatic heterocycles. The third-order valence-corrected chi connectivity index (χ3v) is 6.65. The number of nitrogens with zero attached hydrogens (tertiary/aromatic N) is 2. The van der Waals surface area contributed by atoms with Crippen LogP contribution in [-0.4, -0.2) is 21.9 Å². The maximum atomic E-state index is 13.4. The number of amides is 2. The number of nitrogens with one attached hydrogen (secondary N) is 1. The minimum atomic E-state index is -0.697. The predicted molar refractivity (Wildman–Crippen MR) is 144 cm³/mol. The summed E-state index contributed by atoms with van der Waals surface area (Å²) in [7, 11) is 0. The highest BCUT2D eigenvalue weighted by molar-refractivity contribution is 9.10. The summed E-state index contributed by atoms with van der Waals surface area (Å²) in [5, 5.41) is 13.7. The largest absolute Gasteiger partial charge is 0.488 e. The maximum absolute atomic E-state index is 13.4. The molecule has 0 bridgehead atoms. The molecule has 1 aliphatic rings. The predicted octanol–water partition coefficient (Wildman–Crippen LogP) is 6.07. The first-order chi connectivity index (χ1) is 17.2. The number of benzene rings is 3. The van der Waals surface area contributed by atoms with Crippen molar-refractivity contribution in [3.8, 4) is 5.75 Å². The molecule has 8 nitrogen and oxygen atoms in total. The summed E-state index contributed by atoms with van der Waals surface area (Å²) in [6, 6.07) is 15.8. The molecule has 0 aromatic heterocycles. The lowest BCUT2D eigenvalue weighted by molar-refractivity contribution is -0.384. The molecule has 182 valence electrons. The highest BCUT2D eigenvalue weighted by Gasteiger charge is 2.36. The van der Waals surface area contributed by atoms with E-state index in [0.29, 0.717) is 21.3 Å². The van der Waals surface area contributed by atoms with Gasteiger partial charge in [0.2, 0.25) is 0 Å². The number of nitro benzene ring substituents is 1. The van der Waals surface area contributed by atoms with Crippen molar-refractivity contribution in [3.63, 3.8) is 0 Å². The lowest BCUT2D eigenvalue weighted by Gasteiger charge is -2.29. The minimum absolute atomic E-state index is 0.0218. The molecule has 0 spiro atoms. The molecule has 0 aliphatic carbocycles. The molecular formula is C24H14BrCl2N3O5S. The molecule has 0 saturated carbocycles. The van der Waals surface area contributed by atoms with Gasteiger partial charge in [-0.05, 0) is 54.2 Å². The average molecular weight is 607 g/mol. The van der Waals surface area contributed by atoms with E-state index in [9.17, 15) is 19.7 Å². The zero-order chi connectivity index (χ0) is 26.0. The Hall–Kier alpha value is -3.31. The number of carbonyl (C=O) groups excluding carboxylic acids is 2. The van der Waals surface area contributed by atoms with Gasteiger partial charge in [0.15, 0.2) is 5.11 Å². The molecule has 1 saturated heterocycles. The molecule has 4 rings (SSSR count). The highest BCUT2D eigenvalue weighted by Crippen LogP contribution is 2.35. The van der Waals surface area contributed by atoms with Crippen molar-refractivity contribution in [2.75, 3.05) is 4.90 Å².